The van der Waals surface area contributed by atoms with E-state index in [0.29, 0.717) is 30.9 Å². The Balaban J connectivity index is 2.28. The Morgan fingerprint density at radius 2 is 2.25 bits per heavy atom. The van der Waals surface area contributed by atoms with Gasteiger partial charge < -0.3 is 15.2 Å². The molecule has 5 heteroatoms. The van der Waals surface area contributed by atoms with Crippen molar-refractivity contribution < 1.29 is 14.3 Å². The van der Waals surface area contributed by atoms with Crippen LogP contribution < -0.4 is 5.73 Å². The van der Waals surface area contributed by atoms with Gasteiger partial charge in [0.05, 0.1) is 29.5 Å². The first-order chi connectivity index (χ1) is 7.35. The van der Waals surface area contributed by atoms with Crippen molar-refractivity contribution in [1.29, 1.82) is 0 Å². The van der Waals surface area contributed by atoms with Gasteiger partial charge in [0, 0.05) is 12.8 Å². The van der Waals surface area contributed by atoms with E-state index in [0.717, 1.165) is 0 Å². The van der Waals surface area contributed by atoms with Crippen LogP contribution >= 0.6 is 12.2 Å². The van der Waals surface area contributed by atoms with Crippen LogP contribution in [0.3, 0.4) is 0 Å². The van der Waals surface area contributed by atoms with E-state index in [1.54, 1.807) is 0 Å². The summed E-state index contributed by atoms with van der Waals surface area (Å²) < 4.78 is 11.2. The van der Waals surface area contributed by atoms with Crippen molar-refractivity contribution >= 4 is 23.2 Å². The number of rotatable bonds is 1. The van der Waals surface area contributed by atoms with Crippen molar-refractivity contribution in [3.8, 4) is 0 Å². The highest BCUT2D eigenvalue weighted by atomic mass is 32.1. The van der Waals surface area contributed by atoms with Crippen molar-refractivity contribution in [1.82, 2.24) is 0 Å². The van der Waals surface area contributed by atoms with E-state index in [2.05, 4.69) is 0 Å². The highest BCUT2D eigenvalue weighted by Gasteiger charge is 2.54. The fourth-order valence-corrected chi connectivity index (χ4v) is 3.09. The lowest BCUT2D eigenvalue weighted by molar-refractivity contribution is -0.174. The molecule has 1 spiro atoms. The number of esters is 1. The Kier molecular flexibility index (Phi) is 2.70. The quantitative estimate of drug-likeness (QED) is 0.553. The van der Waals surface area contributed by atoms with Crippen molar-refractivity contribution in [2.75, 3.05) is 6.61 Å². The molecule has 2 N–H and O–H groups in total. The van der Waals surface area contributed by atoms with Gasteiger partial charge in [-0.3, -0.25) is 4.79 Å². The van der Waals surface area contributed by atoms with Crippen LogP contribution in [0.25, 0.3) is 0 Å². The average molecular weight is 243 g/mol. The minimum absolute atomic E-state index is 0.141. The fourth-order valence-electron chi connectivity index (χ4n) is 2.80. The van der Waals surface area contributed by atoms with Gasteiger partial charge in [-0.2, -0.15) is 0 Å². The maximum absolute atomic E-state index is 11.5. The Morgan fingerprint density at radius 3 is 2.81 bits per heavy atom. The van der Waals surface area contributed by atoms with Crippen molar-refractivity contribution in [2.24, 2.45) is 11.7 Å². The number of carbonyl (C=O) groups excluding carboxylic acids is 1. The van der Waals surface area contributed by atoms with Gasteiger partial charge in [0.25, 0.3) is 0 Å². The molecule has 4 nitrogen and oxygen atoms in total. The minimum Gasteiger partial charge on any atom is -0.458 e. The van der Waals surface area contributed by atoms with E-state index in [-0.39, 0.29) is 17.5 Å². The molecule has 2 rings (SSSR count). The Morgan fingerprint density at radius 1 is 1.56 bits per heavy atom. The van der Waals surface area contributed by atoms with Crippen LogP contribution in [0.4, 0.5) is 0 Å². The number of hydrogen-bond donors (Lipinski definition) is 1. The third-order valence-electron chi connectivity index (χ3n) is 3.41. The molecule has 0 saturated carbocycles. The van der Waals surface area contributed by atoms with Crippen LogP contribution in [0.1, 0.15) is 33.1 Å². The summed E-state index contributed by atoms with van der Waals surface area (Å²) >= 11 is 5.04. The van der Waals surface area contributed by atoms with Gasteiger partial charge in [-0.1, -0.05) is 12.2 Å². The summed E-state index contributed by atoms with van der Waals surface area (Å²) in [5.74, 6) is -0.339. The molecule has 0 aromatic rings. The monoisotopic (exact) mass is 243 g/mol. The third kappa shape index (κ3) is 1.94. The number of hydrogen-bond acceptors (Lipinski definition) is 4. The van der Waals surface area contributed by atoms with Crippen LogP contribution in [0, 0.1) is 5.92 Å². The number of ether oxygens (including phenoxy) is 2. The van der Waals surface area contributed by atoms with E-state index in [4.69, 9.17) is 27.4 Å². The number of nitrogens with two attached hydrogens (primary N) is 1. The molecule has 0 aliphatic carbocycles. The van der Waals surface area contributed by atoms with Crippen molar-refractivity contribution in [3.05, 3.63) is 0 Å². The summed E-state index contributed by atoms with van der Waals surface area (Å²) in [4.78, 5) is 11.8. The standard InChI is InChI=1S/C11H17NO3S/c1-10(2)6-11(3-4-14-10)7(9(12)16)5-8(13)15-11/h7H,3-6H2,1-2H3,(H2,12,16)/t7-,11-/m0/s1. The zero-order valence-corrected chi connectivity index (χ0v) is 10.4. The molecule has 0 aromatic carbocycles. The van der Waals surface area contributed by atoms with Crippen LogP contribution in [-0.2, 0) is 14.3 Å². The molecule has 2 atom stereocenters. The number of thiocarbonyl (C=S) groups is 1. The molecule has 90 valence electrons. The van der Waals surface area contributed by atoms with Gasteiger partial charge in [-0.25, -0.2) is 0 Å². The lowest BCUT2D eigenvalue weighted by Crippen LogP contribution is -2.51. The molecule has 0 amide bonds. The highest BCUT2D eigenvalue weighted by molar-refractivity contribution is 7.80. The molecule has 2 aliphatic rings. The minimum atomic E-state index is -0.523. The van der Waals surface area contributed by atoms with E-state index in [1.165, 1.54) is 0 Å². The average Bonchev–Trinajstić information content (AvgIpc) is 2.40. The van der Waals surface area contributed by atoms with E-state index in [9.17, 15) is 4.79 Å². The van der Waals surface area contributed by atoms with Gasteiger partial charge in [0.2, 0.25) is 0 Å². The molecule has 0 aromatic heterocycles. The zero-order valence-electron chi connectivity index (χ0n) is 9.62. The van der Waals surface area contributed by atoms with E-state index >= 15 is 0 Å². The summed E-state index contributed by atoms with van der Waals surface area (Å²) in [6.45, 7) is 4.58. The van der Waals surface area contributed by atoms with Gasteiger partial charge >= 0.3 is 5.97 Å². The highest BCUT2D eigenvalue weighted by Crippen LogP contribution is 2.45. The first-order valence-corrected chi connectivity index (χ1v) is 5.91. The normalized spacial score (nSPS) is 37.4. The van der Waals surface area contributed by atoms with Gasteiger partial charge in [-0.15, -0.1) is 0 Å². The molecular formula is C11H17NO3S. The summed E-state index contributed by atoms with van der Waals surface area (Å²) in [5.41, 5.74) is 4.90. The molecule has 0 bridgehead atoms. The summed E-state index contributed by atoms with van der Waals surface area (Å²) in [5, 5.41) is 0. The predicted octanol–water partition coefficient (Wildman–Crippen LogP) is 1.16. The second-order valence-corrected chi connectivity index (χ2v) is 5.70. The second kappa shape index (κ2) is 3.67. The lowest BCUT2D eigenvalue weighted by atomic mass is 9.75. The predicted molar refractivity (Wildman–Crippen MR) is 63.0 cm³/mol. The van der Waals surface area contributed by atoms with Gasteiger partial charge in [0.1, 0.15) is 5.60 Å². The first-order valence-electron chi connectivity index (χ1n) is 5.50. The SMILES string of the molecule is CC1(C)C[C@]2(CCO1)OC(=O)C[C@H]2C(N)=S. The molecule has 2 fully saturated rings. The first kappa shape index (κ1) is 11.8. The van der Waals surface area contributed by atoms with Crippen LogP contribution in [0.2, 0.25) is 0 Å². The Bertz CT molecular complexity index is 342. The molecule has 0 radical (unpaired) electrons. The summed E-state index contributed by atoms with van der Waals surface area (Å²) in [7, 11) is 0. The van der Waals surface area contributed by atoms with Crippen LogP contribution in [-0.4, -0.2) is 28.8 Å². The molecule has 16 heavy (non-hydrogen) atoms. The lowest BCUT2D eigenvalue weighted by Gasteiger charge is -2.43. The van der Waals surface area contributed by atoms with Crippen molar-refractivity contribution in [2.45, 2.75) is 44.3 Å². The van der Waals surface area contributed by atoms with E-state index in [1.807, 2.05) is 13.8 Å². The molecule has 2 saturated heterocycles. The Labute approximate surface area is 100 Å². The molecule has 2 heterocycles. The van der Waals surface area contributed by atoms with Gasteiger partial charge in [-0.05, 0) is 13.8 Å². The largest absolute Gasteiger partial charge is 0.458 e. The van der Waals surface area contributed by atoms with Crippen LogP contribution in [0.15, 0.2) is 0 Å². The third-order valence-corrected chi connectivity index (χ3v) is 3.69. The maximum atomic E-state index is 11.5. The summed E-state index contributed by atoms with van der Waals surface area (Å²) in [6, 6.07) is 0. The molecule has 2 aliphatic heterocycles. The topological polar surface area (TPSA) is 61.5 Å². The summed E-state index contributed by atoms with van der Waals surface area (Å²) in [6.07, 6.45) is 1.66. The molecular weight excluding hydrogens is 226 g/mol. The van der Waals surface area contributed by atoms with Crippen LogP contribution in [0.5, 0.6) is 0 Å². The fraction of sp³-hybridized carbons (Fsp3) is 0.818. The number of carbonyl (C=O) groups is 1. The molecule has 0 unspecified atom stereocenters. The van der Waals surface area contributed by atoms with E-state index < -0.39 is 5.60 Å². The zero-order chi connectivity index (χ0) is 12.0. The van der Waals surface area contributed by atoms with Crippen molar-refractivity contribution in [3.63, 3.8) is 0 Å². The second-order valence-electron chi connectivity index (χ2n) is 5.23. The Hall–Kier alpha value is -0.680. The van der Waals surface area contributed by atoms with Gasteiger partial charge in [0.15, 0.2) is 0 Å². The maximum Gasteiger partial charge on any atom is 0.307 e. The smallest absolute Gasteiger partial charge is 0.307 e.